The highest BCUT2D eigenvalue weighted by Gasteiger charge is 1.98. The smallest absolute Gasteiger partial charge is 0.121 e. The van der Waals surface area contributed by atoms with Crippen molar-refractivity contribution in [3.63, 3.8) is 0 Å². The molecule has 0 spiro atoms. The van der Waals surface area contributed by atoms with Gasteiger partial charge in [-0.25, -0.2) is 0 Å². The van der Waals surface area contributed by atoms with Crippen LogP contribution in [0.1, 0.15) is 6.42 Å². The molecule has 0 bridgehead atoms. The Hall–Kier alpha value is 0.570. The summed E-state index contributed by atoms with van der Waals surface area (Å²) < 4.78 is 0.170. The van der Waals surface area contributed by atoms with E-state index in [9.17, 15) is 0 Å². The lowest BCUT2D eigenvalue weighted by atomic mass is 10.4. The Bertz CT molecular complexity index is 127. The Labute approximate surface area is 76.5 Å². The Morgan fingerprint density at radius 1 is 1.20 bits per heavy atom. The first-order valence-corrected chi connectivity index (χ1v) is 4.02. The summed E-state index contributed by atoms with van der Waals surface area (Å²) in [5, 5.41) is 0.525. The van der Waals surface area contributed by atoms with Crippen LogP contribution >= 0.6 is 34.8 Å². The second-order valence-corrected chi connectivity index (χ2v) is 3.62. The molecule has 10 heavy (non-hydrogen) atoms. The molecule has 0 aromatic carbocycles. The zero-order chi connectivity index (χ0) is 8.15. The molecule has 60 valence electrons. The van der Waals surface area contributed by atoms with E-state index in [1.54, 1.807) is 0 Å². The average Bonchev–Trinajstić information content (AvgIpc) is 1.82. The maximum atomic E-state index is 5.65. The minimum absolute atomic E-state index is 0.170. The minimum atomic E-state index is 0.170. The fourth-order valence-electron chi connectivity index (χ4n) is 0.416. The molecule has 1 nitrogen and oxygen atoms in total. The standard InChI is InChI=1S/C6H10Cl3N/c1-10(2)4-3-5(7)6(8)9/h3-4H2,1-2H3. The molecule has 0 N–H and O–H groups in total. The van der Waals surface area contributed by atoms with Crippen molar-refractivity contribution in [3.8, 4) is 0 Å². The Morgan fingerprint density at radius 2 is 1.70 bits per heavy atom. The van der Waals surface area contributed by atoms with Crippen molar-refractivity contribution in [1.82, 2.24) is 4.90 Å². The molecule has 0 heterocycles. The summed E-state index contributed by atoms with van der Waals surface area (Å²) in [7, 11) is 3.93. The lowest BCUT2D eigenvalue weighted by molar-refractivity contribution is 0.416. The van der Waals surface area contributed by atoms with Gasteiger partial charge in [-0.3, -0.25) is 0 Å². The van der Waals surface area contributed by atoms with Crippen LogP contribution in [-0.4, -0.2) is 25.5 Å². The Balaban J connectivity index is 3.60. The fraction of sp³-hybridized carbons (Fsp3) is 0.667. The molecular formula is C6H10Cl3N. The molecule has 0 saturated heterocycles. The van der Waals surface area contributed by atoms with Gasteiger partial charge in [0.05, 0.1) is 0 Å². The summed E-state index contributed by atoms with van der Waals surface area (Å²) in [5.74, 6) is 0. The zero-order valence-corrected chi connectivity index (χ0v) is 8.26. The SMILES string of the molecule is CN(C)CCC(Cl)=C(Cl)Cl. The molecule has 4 heteroatoms. The third-order valence-corrected chi connectivity index (χ3v) is 2.01. The molecule has 0 aliphatic rings. The number of hydrogen-bond acceptors (Lipinski definition) is 1. The lowest BCUT2D eigenvalue weighted by Gasteiger charge is -2.07. The maximum Gasteiger partial charge on any atom is 0.121 e. The van der Waals surface area contributed by atoms with E-state index in [4.69, 9.17) is 34.8 Å². The molecule has 0 aromatic rings. The highest BCUT2D eigenvalue weighted by molar-refractivity contribution is 6.59. The minimum Gasteiger partial charge on any atom is -0.309 e. The van der Waals surface area contributed by atoms with Crippen molar-refractivity contribution in [2.75, 3.05) is 20.6 Å². The molecule has 0 aliphatic carbocycles. The van der Waals surface area contributed by atoms with Crippen LogP contribution in [0.3, 0.4) is 0 Å². The predicted molar refractivity (Wildman–Crippen MR) is 47.8 cm³/mol. The maximum absolute atomic E-state index is 5.65. The van der Waals surface area contributed by atoms with Crippen LogP contribution in [0, 0.1) is 0 Å². The number of hydrogen-bond donors (Lipinski definition) is 0. The van der Waals surface area contributed by atoms with Crippen LogP contribution in [0.5, 0.6) is 0 Å². The normalized spacial score (nSPS) is 10.2. The summed E-state index contributed by atoms with van der Waals surface area (Å²) in [6.07, 6.45) is 0.705. The van der Waals surface area contributed by atoms with E-state index in [1.165, 1.54) is 0 Å². The molecular weight excluding hydrogens is 192 g/mol. The van der Waals surface area contributed by atoms with Crippen LogP contribution in [0.25, 0.3) is 0 Å². The van der Waals surface area contributed by atoms with Crippen LogP contribution in [0.2, 0.25) is 0 Å². The Kier molecular flexibility index (Phi) is 5.55. The van der Waals surface area contributed by atoms with Gasteiger partial charge in [0.2, 0.25) is 0 Å². The van der Waals surface area contributed by atoms with E-state index in [0.717, 1.165) is 6.54 Å². The van der Waals surface area contributed by atoms with Crippen molar-refractivity contribution in [3.05, 3.63) is 9.52 Å². The van der Waals surface area contributed by atoms with E-state index >= 15 is 0 Å². The molecule has 0 radical (unpaired) electrons. The van der Waals surface area contributed by atoms with Gasteiger partial charge >= 0.3 is 0 Å². The Morgan fingerprint density at radius 3 is 2.00 bits per heavy atom. The molecule has 0 amide bonds. The van der Waals surface area contributed by atoms with E-state index in [1.807, 2.05) is 19.0 Å². The van der Waals surface area contributed by atoms with Crippen molar-refractivity contribution in [2.24, 2.45) is 0 Å². The van der Waals surface area contributed by atoms with Gasteiger partial charge in [0.1, 0.15) is 4.49 Å². The first-order valence-electron chi connectivity index (χ1n) is 2.88. The summed E-state index contributed by atoms with van der Waals surface area (Å²) in [6, 6.07) is 0. The van der Waals surface area contributed by atoms with Crippen molar-refractivity contribution >= 4 is 34.8 Å². The second-order valence-electron chi connectivity index (χ2n) is 2.22. The van der Waals surface area contributed by atoms with E-state index < -0.39 is 0 Å². The highest BCUT2D eigenvalue weighted by atomic mass is 35.5. The molecule has 0 fully saturated rings. The zero-order valence-electron chi connectivity index (χ0n) is 6.00. The third kappa shape index (κ3) is 5.36. The molecule has 0 aromatic heterocycles. The summed E-state index contributed by atoms with van der Waals surface area (Å²) in [6.45, 7) is 0.863. The summed E-state index contributed by atoms with van der Waals surface area (Å²) >= 11 is 16.5. The van der Waals surface area contributed by atoms with Gasteiger partial charge in [-0.2, -0.15) is 0 Å². The van der Waals surface area contributed by atoms with Crippen LogP contribution in [0.15, 0.2) is 9.52 Å². The van der Waals surface area contributed by atoms with E-state index in [0.29, 0.717) is 11.5 Å². The monoisotopic (exact) mass is 201 g/mol. The fourth-order valence-corrected chi connectivity index (χ4v) is 0.690. The first kappa shape index (κ1) is 10.6. The third-order valence-electron chi connectivity index (χ3n) is 0.984. The average molecular weight is 203 g/mol. The van der Waals surface area contributed by atoms with Crippen LogP contribution < -0.4 is 0 Å². The van der Waals surface area contributed by atoms with Gasteiger partial charge in [0.15, 0.2) is 0 Å². The molecule has 0 aliphatic heterocycles. The van der Waals surface area contributed by atoms with E-state index in [2.05, 4.69) is 0 Å². The second kappa shape index (κ2) is 5.25. The summed E-state index contributed by atoms with van der Waals surface area (Å²) in [4.78, 5) is 2.01. The van der Waals surface area contributed by atoms with Gasteiger partial charge in [-0.1, -0.05) is 34.8 Å². The van der Waals surface area contributed by atoms with Gasteiger partial charge in [0.25, 0.3) is 0 Å². The number of nitrogens with zero attached hydrogens (tertiary/aromatic N) is 1. The van der Waals surface area contributed by atoms with Crippen molar-refractivity contribution in [2.45, 2.75) is 6.42 Å². The van der Waals surface area contributed by atoms with Gasteiger partial charge < -0.3 is 4.90 Å². The van der Waals surface area contributed by atoms with Gasteiger partial charge in [0, 0.05) is 11.6 Å². The number of rotatable bonds is 3. The largest absolute Gasteiger partial charge is 0.309 e. The van der Waals surface area contributed by atoms with E-state index in [-0.39, 0.29) is 4.49 Å². The number of halogens is 3. The highest BCUT2D eigenvalue weighted by Crippen LogP contribution is 2.20. The molecule has 0 saturated carbocycles. The van der Waals surface area contributed by atoms with Crippen LogP contribution in [-0.2, 0) is 0 Å². The quantitative estimate of drug-likeness (QED) is 0.680. The lowest BCUT2D eigenvalue weighted by Crippen LogP contribution is -2.12. The summed E-state index contributed by atoms with van der Waals surface area (Å²) in [5.41, 5.74) is 0. The molecule has 0 rings (SSSR count). The topological polar surface area (TPSA) is 3.24 Å². The first-order chi connectivity index (χ1) is 4.54. The van der Waals surface area contributed by atoms with Gasteiger partial charge in [-0.05, 0) is 20.5 Å². The predicted octanol–water partition coefficient (Wildman–Crippen LogP) is 2.82. The van der Waals surface area contributed by atoms with Crippen molar-refractivity contribution < 1.29 is 0 Å². The van der Waals surface area contributed by atoms with Gasteiger partial charge in [-0.15, -0.1) is 0 Å². The molecule has 0 atom stereocenters. The van der Waals surface area contributed by atoms with Crippen LogP contribution in [0.4, 0.5) is 0 Å². The molecule has 0 unspecified atom stereocenters. The van der Waals surface area contributed by atoms with Crippen molar-refractivity contribution in [1.29, 1.82) is 0 Å².